The topological polar surface area (TPSA) is 17.1 Å². The molecule has 0 aromatic heterocycles. The van der Waals surface area contributed by atoms with Gasteiger partial charge < -0.3 is 0 Å². The summed E-state index contributed by atoms with van der Waals surface area (Å²) in [4.78, 5) is 12.5. The number of hydrogen-bond acceptors (Lipinski definition) is 2. The smallest absolute Gasteiger partial charge is 0.160 e. The second-order valence-corrected chi connectivity index (χ2v) is 5.22. The highest BCUT2D eigenvalue weighted by atomic mass is 32.2. The fourth-order valence-corrected chi connectivity index (χ4v) is 2.64. The number of rotatable bonds is 5. The average Bonchev–Trinajstić information content (AvgIpc) is 2.17. The first-order valence-electron chi connectivity index (χ1n) is 5.34. The van der Waals surface area contributed by atoms with Crippen molar-refractivity contribution in [2.45, 2.75) is 32.1 Å². The lowest BCUT2D eigenvalue weighted by atomic mass is 10.1. The first-order chi connectivity index (χ1) is 7.11. The summed E-state index contributed by atoms with van der Waals surface area (Å²) in [5, 5.41) is 0. The average molecular weight is 222 g/mol. The molecule has 0 saturated carbocycles. The normalized spacial score (nSPS) is 10.7. The van der Waals surface area contributed by atoms with Crippen molar-refractivity contribution in [2.24, 2.45) is 5.92 Å². The standard InChI is InChI=1S/C13H18OS/c1-10(2)8-9-15-13-7-5-4-6-12(13)11(3)14/h4-7,10H,8-9H2,1-3H3. The van der Waals surface area contributed by atoms with Crippen LogP contribution in [0.4, 0.5) is 0 Å². The maximum absolute atomic E-state index is 11.3. The van der Waals surface area contributed by atoms with E-state index in [9.17, 15) is 4.79 Å². The number of ketones is 1. The fraction of sp³-hybridized carbons (Fsp3) is 0.462. The van der Waals surface area contributed by atoms with E-state index in [1.54, 1.807) is 18.7 Å². The van der Waals surface area contributed by atoms with Gasteiger partial charge in [-0.25, -0.2) is 0 Å². The summed E-state index contributed by atoms with van der Waals surface area (Å²) in [5.41, 5.74) is 0.853. The first-order valence-corrected chi connectivity index (χ1v) is 6.32. The van der Waals surface area contributed by atoms with Crippen LogP contribution in [0.1, 0.15) is 37.6 Å². The van der Waals surface area contributed by atoms with Crippen LogP contribution < -0.4 is 0 Å². The summed E-state index contributed by atoms with van der Waals surface area (Å²) in [7, 11) is 0. The quantitative estimate of drug-likeness (QED) is 0.552. The molecule has 0 aliphatic rings. The first kappa shape index (κ1) is 12.3. The van der Waals surface area contributed by atoms with E-state index in [0.29, 0.717) is 0 Å². The molecule has 0 amide bonds. The molecular formula is C13H18OS. The molecule has 0 N–H and O–H groups in total. The monoisotopic (exact) mass is 222 g/mol. The molecule has 0 saturated heterocycles. The molecule has 1 nitrogen and oxygen atoms in total. The third-order valence-electron chi connectivity index (χ3n) is 2.22. The Kier molecular flexibility index (Phi) is 4.89. The number of carbonyl (C=O) groups excluding carboxylic acids is 1. The summed E-state index contributed by atoms with van der Waals surface area (Å²) in [5.74, 6) is 1.96. The fourth-order valence-electron chi connectivity index (χ4n) is 1.29. The lowest BCUT2D eigenvalue weighted by Gasteiger charge is -2.07. The maximum Gasteiger partial charge on any atom is 0.160 e. The van der Waals surface area contributed by atoms with Gasteiger partial charge in [0.05, 0.1) is 0 Å². The highest BCUT2D eigenvalue weighted by Gasteiger charge is 2.06. The van der Waals surface area contributed by atoms with Gasteiger partial charge in [-0.1, -0.05) is 32.0 Å². The van der Waals surface area contributed by atoms with E-state index >= 15 is 0 Å². The van der Waals surface area contributed by atoms with E-state index in [2.05, 4.69) is 13.8 Å². The maximum atomic E-state index is 11.3. The zero-order valence-electron chi connectivity index (χ0n) is 9.62. The minimum atomic E-state index is 0.155. The molecule has 15 heavy (non-hydrogen) atoms. The van der Waals surface area contributed by atoms with E-state index in [1.165, 1.54) is 6.42 Å². The Balaban J connectivity index is 2.63. The molecule has 0 aliphatic carbocycles. The van der Waals surface area contributed by atoms with Gasteiger partial charge in [-0.2, -0.15) is 0 Å². The molecule has 0 spiro atoms. The van der Waals surface area contributed by atoms with Crippen LogP contribution >= 0.6 is 11.8 Å². The summed E-state index contributed by atoms with van der Waals surface area (Å²) in [6.45, 7) is 6.07. The van der Waals surface area contributed by atoms with Crippen LogP contribution in [0.2, 0.25) is 0 Å². The van der Waals surface area contributed by atoms with E-state index in [4.69, 9.17) is 0 Å². The molecule has 2 heteroatoms. The van der Waals surface area contributed by atoms with Crippen LogP contribution in [0.3, 0.4) is 0 Å². The van der Waals surface area contributed by atoms with Crippen LogP contribution in [-0.2, 0) is 0 Å². The predicted octanol–water partition coefficient (Wildman–Crippen LogP) is 4.03. The Morgan fingerprint density at radius 3 is 2.60 bits per heavy atom. The largest absolute Gasteiger partial charge is 0.294 e. The molecule has 0 atom stereocenters. The second-order valence-electron chi connectivity index (χ2n) is 4.08. The van der Waals surface area contributed by atoms with Gasteiger partial charge in [0.15, 0.2) is 5.78 Å². The zero-order valence-corrected chi connectivity index (χ0v) is 10.4. The van der Waals surface area contributed by atoms with E-state index in [1.807, 2.05) is 24.3 Å². The van der Waals surface area contributed by atoms with Crippen LogP contribution in [0, 0.1) is 5.92 Å². The molecular weight excluding hydrogens is 204 g/mol. The Hall–Kier alpha value is -0.760. The molecule has 0 unspecified atom stereocenters. The van der Waals surface area contributed by atoms with Crippen LogP contribution in [-0.4, -0.2) is 11.5 Å². The van der Waals surface area contributed by atoms with Gasteiger partial charge in [-0.15, -0.1) is 11.8 Å². The van der Waals surface area contributed by atoms with Gasteiger partial charge >= 0.3 is 0 Å². The number of Topliss-reactive ketones (excluding diaryl/α,β-unsaturated/α-hetero) is 1. The van der Waals surface area contributed by atoms with E-state index in [0.717, 1.165) is 22.1 Å². The lowest BCUT2D eigenvalue weighted by molar-refractivity contribution is 0.101. The molecule has 82 valence electrons. The predicted molar refractivity (Wildman–Crippen MR) is 66.6 cm³/mol. The van der Waals surface area contributed by atoms with Crippen molar-refractivity contribution < 1.29 is 4.79 Å². The van der Waals surface area contributed by atoms with Gasteiger partial charge in [-0.05, 0) is 31.1 Å². The Labute approximate surface area is 96.3 Å². The molecule has 0 heterocycles. The molecule has 0 bridgehead atoms. The SMILES string of the molecule is CC(=O)c1ccccc1SCCC(C)C. The van der Waals surface area contributed by atoms with E-state index in [-0.39, 0.29) is 5.78 Å². The van der Waals surface area contributed by atoms with Crippen molar-refractivity contribution >= 4 is 17.5 Å². The summed E-state index contributed by atoms with van der Waals surface area (Å²) >= 11 is 1.78. The Bertz CT molecular complexity index is 331. The van der Waals surface area contributed by atoms with Gasteiger partial charge in [0.1, 0.15) is 0 Å². The highest BCUT2D eigenvalue weighted by molar-refractivity contribution is 7.99. The zero-order chi connectivity index (χ0) is 11.3. The lowest BCUT2D eigenvalue weighted by Crippen LogP contribution is -1.96. The molecule has 1 aromatic rings. The van der Waals surface area contributed by atoms with Gasteiger partial charge in [0, 0.05) is 10.5 Å². The minimum absolute atomic E-state index is 0.155. The van der Waals surface area contributed by atoms with Crippen molar-refractivity contribution in [1.29, 1.82) is 0 Å². The van der Waals surface area contributed by atoms with Crippen molar-refractivity contribution in [2.75, 3.05) is 5.75 Å². The Morgan fingerprint density at radius 1 is 1.33 bits per heavy atom. The van der Waals surface area contributed by atoms with Crippen LogP contribution in [0.15, 0.2) is 29.2 Å². The van der Waals surface area contributed by atoms with Gasteiger partial charge in [0.2, 0.25) is 0 Å². The van der Waals surface area contributed by atoms with Crippen LogP contribution in [0.25, 0.3) is 0 Å². The summed E-state index contributed by atoms with van der Waals surface area (Å²) in [6, 6.07) is 7.84. The second kappa shape index (κ2) is 5.96. The van der Waals surface area contributed by atoms with Gasteiger partial charge in [0.25, 0.3) is 0 Å². The van der Waals surface area contributed by atoms with Gasteiger partial charge in [-0.3, -0.25) is 4.79 Å². The summed E-state index contributed by atoms with van der Waals surface area (Å²) < 4.78 is 0. The van der Waals surface area contributed by atoms with Crippen molar-refractivity contribution in [3.8, 4) is 0 Å². The number of hydrogen-bond donors (Lipinski definition) is 0. The van der Waals surface area contributed by atoms with Crippen molar-refractivity contribution in [3.05, 3.63) is 29.8 Å². The third-order valence-corrected chi connectivity index (χ3v) is 3.33. The molecule has 0 aliphatic heterocycles. The number of thioether (sulfide) groups is 1. The molecule has 0 radical (unpaired) electrons. The van der Waals surface area contributed by atoms with Crippen molar-refractivity contribution in [3.63, 3.8) is 0 Å². The number of benzene rings is 1. The molecule has 0 fully saturated rings. The van der Waals surface area contributed by atoms with Crippen LogP contribution in [0.5, 0.6) is 0 Å². The molecule has 1 aromatic carbocycles. The highest BCUT2D eigenvalue weighted by Crippen LogP contribution is 2.24. The minimum Gasteiger partial charge on any atom is -0.294 e. The third kappa shape index (κ3) is 4.08. The number of carbonyl (C=O) groups is 1. The molecule has 1 rings (SSSR count). The van der Waals surface area contributed by atoms with E-state index < -0.39 is 0 Å². The van der Waals surface area contributed by atoms with Crippen molar-refractivity contribution in [1.82, 2.24) is 0 Å². The summed E-state index contributed by atoms with van der Waals surface area (Å²) in [6.07, 6.45) is 1.19. The Morgan fingerprint density at radius 2 is 2.00 bits per heavy atom.